The van der Waals surface area contributed by atoms with E-state index in [1.165, 1.54) is 6.92 Å². The molecule has 0 aliphatic carbocycles. The minimum atomic E-state index is -0.0208. The summed E-state index contributed by atoms with van der Waals surface area (Å²) >= 11 is 6.72. The van der Waals surface area contributed by atoms with Crippen LogP contribution in [-0.2, 0) is 4.79 Å². The highest BCUT2D eigenvalue weighted by atomic mass is 79.9. The highest BCUT2D eigenvalue weighted by Crippen LogP contribution is 2.00. The van der Waals surface area contributed by atoms with Gasteiger partial charge in [0.15, 0.2) is 4.69 Å². The van der Waals surface area contributed by atoms with E-state index < -0.39 is 0 Å². The lowest BCUT2D eigenvalue weighted by atomic mass is 10.4. The van der Waals surface area contributed by atoms with Gasteiger partial charge in [-0.1, -0.05) is 18.2 Å². The van der Waals surface area contributed by atoms with E-state index in [2.05, 4.69) is 28.6 Å². The molecule has 1 aromatic rings. The SMILES string of the molecule is CC(=O)Br.Sc1ccccc1. The monoisotopic (exact) mass is 232 g/mol. The molecule has 0 heterocycles. The van der Waals surface area contributed by atoms with Crippen molar-refractivity contribution >= 4 is 33.3 Å². The summed E-state index contributed by atoms with van der Waals surface area (Å²) in [6, 6.07) is 9.79. The van der Waals surface area contributed by atoms with Crippen LogP contribution in [0.1, 0.15) is 6.92 Å². The lowest BCUT2D eigenvalue weighted by molar-refractivity contribution is -0.108. The summed E-state index contributed by atoms with van der Waals surface area (Å²) in [5.41, 5.74) is 0. The van der Waals surface area contributed by atoms with Crippen molar-refractivity contribution in [1.29, 1.82) is 0 Å². The number of rotatable bonds is 0. The summed E-state index contributed by atoms with van der Waals surface area (Å²) in [5, 5.41) is 0. The van der Waals surface area contributed by atoms with Gasteiger partial charge < -0.3 is 0 Å². The zero-order chi connectivity index (χ0) is 8.69. The third-order valence-electron chi connectivity index (χ3n) is 0.756. The van der Waals surface area contributed by atoms with Gasteiger partial charge in [0.1, 0.15) is 0 Å². The quantitative estimate of drug-likeness (QED) is 0.538. The van der Waals surface area contributed by atoms with Crippen molar-refractivity contribution < 1.29 is 4.79 Å². The van der Waals surface area contributed by atoms with Gasteiger partial charge in [-0.15, -0.1) is 12.6 Å². The molecule has 11 heavy (non-hydrogen) atoms. The predicted octanol–water partition coefficient (Wildman–Crippen LogP) is 2.90. The van der Waals surface area contributed by atoms with Crippen LogP contribution in [0.2, 0.25) is 0 Å². The fraction of sp³-hybridized carbons (Fsp3) is 0.125. The third-order valence-corrected chi connectivity index (χ3v) is 1.05. The van der Waals surface area contributed by atoms with Crippen molar-refractivity contribution in [3.05, 3.63) is 30.3 Å². The Kier molecular flexibility index (Phi) is 6.27. The number of hydrogen-bond acceptors (Lipinski definition) is 2. The Labute approximate surface area is 80.4 Å². The molecule has 0 bridgehead atoms. The van der Waals surface area contributed by atoms with Gasteiger partial charge in [0.2, 0.25) is 0 Å². The van der Waals surface area contributed by atoms with Gasteiger partial charge in [-0.25, -0.2) is 0 Å². The van der Waals surface area contributed by atoms with Crippen LogP contribution in [-0.4, -0.2) is 4.69 Å². The molecule has 0 saturated carbocycles. The van der Waals surface area contributed by atoms with Gasteiger partial charge in [0, 0.05) is 11.8 Å². The molecule has 3 heteroatoms. The Bertz CT molecular complexity index is 207. The number of carbonyl (C=O) groups excluding carboxylic acids is 1. The lowest BCUT2D eigenvalue weighted by Gasteiger charge is -1.81. The molecule has 1 rings (SSSR count). The van der Waals surface area contributed by atoms with E-state index in [-0.39, 0.29) is 4.69 Å². The second-order valence-electron chi connectivity index (χ2n) is 1.81. The molecule has 60 valence electrons. The van der Waals surface area contributed by atoms with Gasteiger partial charge in [-0.2, -0.15) is 0 Å². The van der Waals surface area contributed by atoms with Crippen molar-refractivity contribution in [2.75, 3.05) is 0 Å². The van der Waals surface area contributed by atoms with Crippen LogP contribution in [0.5, 0.6) is 0 Å². The molecule has 1 aromatic carbocycles. The van der Waals surface area contributed by atoms with Crippen molar-refractivity contribution in [3.63, 3.8) is 0 Å². The van der Waals surface area contributed by atoms with Crippen molar-refractivity contribution in [2.45, 2.75) is 11.8 Å². The maximum absolute atomic E-state index is 9.36. The van der Waals surface area contributed by atoms with E-state index >= 15 is 0 Å². The largest absolute Gasteiger partial charge is 0.287 e. The zero-order valence-corrected chi connectivity index (χ0v) is 8.60. The molecule has 0 spiro atoms. The minimum Gasteiger partial charge on any atom is -0.287 e. The Balaban J connectivity index is 0.000000218. The Morgan fingerprint density at radius 3 is 1.91 bits per heavy atom. The number of benzene rings is 1. The molecule has 0 unspecified atom stereocenters. The first kappa shape index (κ1) is 10.7. The second kappa shape index (κ2) is 6.43. The fourth-order valence-corrected chi connectivity index (χ4v) is 0.600. The molecule has 1 nitrogen and oxygen atoms in total. The smallest absolute Gasteiger partial charge is 0.194 e. The molecule has 0 saturated heterocycles. The molecule has 0 N–H and O–H groups in total. The number of hydrogen-bond donors (Lipinski definition) is 1. The van der Waals surface area contributed by atoms with E-state index in [1.54, 1.807) is 0 Å². The van der Waals surface area contributed by atoms with E-state index in [1.807, 2.05) is 30.3 Å². The standard InChI is InChI=1S/C6H6S.C2H3BrO/c7-6-4-2-1-3-5-6;1-2(3)4/h1-5,7H;1H3. The average Bonchev–Trinajstić information content (AvgIpc) is 1.87. The molecule has 0 aromatic heterocycles. The minimum absolute atomic E-state index is 0.0208. The van der Waals surface area contributed by atoms with Crippen LogP contribution in [0.4, 0.5) is 0 Å². The third kappa shape index (κ3) is 9.72. The highest BCUT2D eigenvalue weighted by molar-refractivity contribution is 9.18. The molecule has 0 aliphatic heterocycles. The van der Waals surface area contributed by atoms with Crippen molar-refractivity contribution in [1.82, 2.24) is 0 Å². The van der Waals surface area contributed by atoms with Gasteiger partial charge in [-0.05, 0) is 28.1 Å². The molecular weight excluding hydrogens is 224 g/mol. The Morgan fingerprint density at radius 2 is 1.73 bits per heavy atom. The number of halogens is 1. The predicted molar refractivity (Wildman–Crippen MR) is 53.3 cm³/mol. The maximum Gasteiger partial charge on any atom is 0.194 e. The highest BCUT2D eigenvalue weighted by Gasteiger charge is 1.73. The van der Waals surface area contributed by atoms with Crippen LogP contribution in [0, 0.1) is 0 Å². The summed E-state index contributed by atoms with van der Waals surface area (Å²) < 4.78 is -0.0208. The summed E-state index contributed by atoms with van der Waals surface area (Å²) in [6.07, 6.45) is 0. The van der Waals surface area contributed by atoms with Crippen LogP contribution in [0.3, 0.4) is 0 Å². The Hall–Kier alpha value is -0.280. The van der Waals surface area contributed by atoms with Crippen molar-refractivity contribution in [3.8, 4) is 0 Å². The molecule has 0 amide bonds. The van der Waals surface area contributed by atoms with E-state index in [4.69, 9.17) is 0 Å². The van der Waals surface area contributed by atoms with Crippen LogP contribution >= 0.6 is 28.6 Å². The normalized spacial score (nSPS) is 7.91. The maximum atomic E-state index is 9.36. The lowest BCUT2D eigenvalue weighted by Crippen LogP contribution is -1.60. The first-order valence-corrected chi connectivity index (χ1v) is 4.27. The van der Waals surface area contributed by atoms with Gasteiger partial charge >= 0.3 is 0 Å². The molecule has 0 fully saturated rings. The van der Waals surface area contributed by atoms with Crippen LogP contribution in [0.25, 0.3) is 0 Å². The summed E-state index contributed by atoms with van der Waals surface area (Å²) in [6.45, 7) is 1.44. The van der Waals surface area contributed by atoms with Gasteiger partial charge in [-0.3, -0.25) is 4.79 Å². The van der Waals surface area contributed by atoms with E-state index in [9.17, 15) is 4.79 Å². The Morgan fingerprint density at radius 1 is 1.36 bits per heavy atom. The average molecular weight is 233 g/mol. The summed E-state index contributed by atoms with van der Waals surface area (Å²) in [4.78, 5) is 10.4. The summed E-state index contributed by atoms with van der Waals surface area (Å²) in [5.74, 6) is 0. The second-order valence-corrected chi connectivity index (χ2v) is 3.44. The number of carbonyl (C=O) groups is 1. The first-order valence-electron chi connectivity index (χ1n) is 3.03. The van der Waals surface area contributed by atoms with E-state index in [0.29, 0.717) is 0 Å². The molecular formula is C8H9BrOS. The summed E-state index contributed by atoms with van der Waals surface area (Å²) in [7, 11) is 0. The van der Waals surface area contributed by atoms with Crippen molar-refractivity contribution in [2.24, 2.45) is 0 Å². The number of thiol groups is 1. The first-order chi connectivity index (χ1) is 5.13. The molecule has 0 atom stereocenters. The van der Waals surface area contributed by atoms with Gasteiger partial charge in [0.25, 0.3) is 0 Å². The topological polar surface area (TPSA) is 17.1 Å². The van der Waals surface area contributed by atoms with Crippen LogP contribution < -0.4 is 0 Å². The molecule has 0 aliphatic rings. The fourth-order valence-electron chi connectivity index (χ4n) is 0.428. The van der Waals surface area contributed by atoms with Crippen LogP contribution in [0.15, 0.2) is 35.2 Å². The zero-order valence-electron chi connectivity index (χ0n) is 6.12. The van der Waals surface area contributed by atoms with E-state index in [0.717, 1.165) is 4.90 Å². The van der Waals surface area contributed by atoms with Gasteiger partial charge in [0.05, 0.1) is 0 Å². The molecule has 0 radical (unpaired) electrons.